The van der Waals surface area contributed by atoms with Crippen molar-refractivity contribution in [2.45, 2.75) is 18.3 Å². The minimum Gasteiger partial charge on any atom is -0.480 e. The van der Waals surface area contributed by atoms with E-state index < -0.39 is 11.6 Å². The summed E-state index contributed by atoms with van der Waals surface area (Å²) in [6.07, 6.45) is 0.705. The van der Waals surface area contributed by atoms with E-state index >= 15 is 0 Å². The van der Waals surface area contributed by atoms with Gasteiger partial charge >= 0.3 is 0 Å². The lowest BCUT2D eigenvalue weighted by molar-refractivity contribution is 0.378. The first-order valence-corrected chi connectivity index (χ1v) is 7.72. The molecule has 2 heterocycles. The lowest BCUT2D eigenvalue weighted by atomic mass is 10.1. The molecule has 2 atom stereocenters. The molecule has 0 unspecified atom stereocenters. The summed E-state index contributed by atoms with van der Waals surface area (Å²) in [5.74, 6) is 0.180. The Balaban J connectivity index is 1.54. The highest BCUT2D eigenvalue weighted by Gasteiger charge is 2.45. The van der Waals surface area contributed by atoms with E-state index in [4.69, 9.17) is 9.26 Å². The van der Waals surface area contributed by atoms with Gasteiger partial charge < -0.3 is 9.26 Å². The molecule has 0 saturated heterocycles. The summed E-state index contributed by atoms with van der Waals surface area (Å²) in [4.78, 5) is 5.09. The van der Waals surface area contributed by atoms with E-state index in [1.54, 1.807) is 6.07 Å². The second-order valence-electron chi connectivity index (χ2n) is 5.30. The minimum atomic E-state index is -0.581. The van der Waals surface area contributed by atoms with Crippen LogP contribution in [-0.2, 0) is 0 Å². The molecule has 23 heavy (non-hydrogen) atoms. The molecule has 0 spiro atoms. The highest BCUT2D eigenvalue weighted by molar-refractivity contribution is 7.09. The first kappa shape index (κ1) is 14.3. The summed E-state index contributed by atoms with van der Waals surface area (Å²) in [7, 11) is 1.53. The van der Waals surface area contributed by atoms with Gasteiger partial charge in [0.05, 0.1) is 12.0 Å². The van der Waals surface area contributed by atoms with Crippen LogP contribution in [-0.4, -0.2) is 21.6 Å². The Hall–Kier alpha value is -2.35. The predicted octanol–water partition coefficient (Wildman–Crippen LogP) is 3.75. The van der Waals surface area contributed by atoms with Crippen LogP contribution in [0.3, 0.4) is 0 Å². The molecule has 8 heteroatoms. The predicted molar refractivity (Wildman–Crippen MR) is 78.4 cm³/mol. The van der Waals surface area contributed by atoms with Crippen LogP contribution in [0.2, 0.25) is 0 Å². The largest absolute Gasteiger partial charge is 0.480 e. The van der Waals surface area contributed by atoms with Crippen LogP contribution in [0.5, 0.6) is 5.88 Å². The van der Waals surface area contributed by atoms with Crippen molar-refractivity contribution < 1.29 is 18.0 Å². The Morgan fingerprint density at radius 1 is 1.26 bits per heavy atom. The Bertz CT molecular complexity index is 864. The molecule has 0 aliphatic heterocycles. The van der Waals surface area contributed by atoms with Crippen molar-refractivity contribution in [3.63, 3.8) is 0 Å². The Morgan fingerprint density at radius 3 is 2.87 bits per heavy atom. The molecular formula is C15H11F2N3O2S. The molecule has 0 bridgehead atoms. The molecule has 5 nitrogen and oxygen atoms in total. The number of nitrogens with zero attached hydrogens (tertiary/aromatic N) is 3. The second kappa shape index (κ2) is 5.38. The monoisotopic (exact) mass is 335 g/mol. The number of ether oxygens (including phenoxy) is 1. The van der Waals surface area contributed by atoms with Gasteiger partial charge in [-0.05, 0) is 35.5 Å². The Labute approximate surface area is 134 Å². The molecule has 1 aliphatic carbocycles. The first-order chi connectivity index (χ1) is 11.2. The summed E-state index contributed by atoms with van der Waals surface area (Å²) >= 11 is 1.21. The van der Waals surface area contributed by atoms with Crippen LogP contribution >= 0.6 is 11.5 Å². The van der Waals surface area contributed by atoms with Crippen molar-refractivity contribution in [3.05, 3.63) is 47.4 Å². The molecule has 0 N–H and O–H groups in total. The molecule has 0 amide bonds. The van der Waals surface area contributed by atoms with Gasteiger partial charge in [-0.1, -0.05) is 11.2 Å². The number of benzene rings is 1. The standard InChI is InChI=1S/C15H11F2N3O2S/c1-21-13-6-12(23-20-13)14-18-15(22-19-14)10-5-9(10)8-3-2-7(16)4-11(8)17/h2-4,6,9-10H,5H2,1H3/t9-,10+/m0/s1. The van der Waals surface area contributed by atoms with E-state index in [2.05, 4.69) is 14.5 Å². The van der Waals surface area contributed by atoms with Crippen molar-refractivity contribution in [1.29, 1.82) is 0 Å². The van der Waals surface area contributed by atoms with Gasteiger partial charge in [0.2, 0.25) is 17.6 Å². The summed E-state index contributed by atoms with van der Waals surface area (Å²) in [5, 5.41) is 3.93. The number of aromatic nitrogens is 3. The number of rotatable bonds is 4. The smallest absolute Gasteiger partial charge is 0.230 e. The number of hydrogen-bond acceptors (Lipinski definition) is 6. The third kappa shape index (κ3) is 2.59. The third-order valence-electron chi connectivity index (χ3n) is 3.83. The van der Waals surface area contributed by atoms with Crippen molar-refractivity contribution in [3.8, 4) is 16.6 Å². The van der Waals surface area contributed by atoms with Crippen molar-refractivity contribution >= 4 is 11.5 Å². The fraction of sp³-hybridized carbons (Fsp3) is 0.267. The van der Waals surface area contributed by atoms with Crippen LogP contribution in [0, 0.1) is 11.6 Å². The van der Waals surface area contributed by atoms with E-state index in [1.807, 2.05) is 0 Å². The van der Waals surface area contributed by atoms with Gasteiger partial charge in [0.15, 0.2) is 0 Å². The van der Waals surface area contributed by atoms with E-state index in [1.165, 1.54) is 30.8 Å². The second-order valence-corrected chi connectivity index (χ2v) is 6.11. The fourth-order valence-electron chi connectivity index (χ4n) is 2.56. The van der Waals surface area contributed by atoms with Crippen LogP contribution in [0.4, 0.5) is 8.78 Å². The Kier molecular flexibility index (Phi) is 3.33. The number of halogens is 2. The van der Waals surface area contributed by atoms with Crippen molar-refractivity contribution in [2.24, 2.45) is 0 Å². The van der Waals surface area contributed by atoms with Gasteiger partial charge in [-0.3, -0.25) is 0 Å². The summed E-state index contributed by atoms with van der Waals surface area (Å²) in [6.45, 7) is 0. The lowest BCUT2D eigenvalue weighted by Gasteiger charge is -2.00. The van der Waals surface area contributed by atoms with Gasteiger partial charge in [-0.2, -0.15) is 9.36 Å². The van der Waals surface area contributed by atoms with E-state index in [0.29, 0.717) is 29.6 Å². The summed E-state index contributed by atoms with van der Waals surface area (Å²) in [5.41, 5.74) is 0.482. The maximum Gasteiger partial charge on any atom is 0.230 e. The average molecular weight is 335 g/mol. The van der Waals surface area contributed by atoms with Gasteiger partial charge in [-0.15, -0.1) is 0 Å². The molecule has 4 rings (SSSR count). The van der Waals surface area contributed by atoms with Gasteiger partial charge in [-0.25, -0.2) is 8.78 Å². The molecule has 2 aromatic heterocycles. The van der Waals surface area contributed by atoms with Gasteiger partial charge in [0.25, 0.3) is 0 Å². The zero-order valence-electron chi connectivity index (χ0n) is 12.0. The van der Waals surface area contributed by atoms with Gasteiger partial charge in [0.1, 0.15) is 11.6 Å². The molecular weight excluding hydrogens is 324 g/mol. The topological polar surface area (TPSA) is 61.0 Å². The van der Waals surface area contributed by atoms with Gasteiger partial charge in [0, 0.05) is 18.1 Å². The molecule has 1 saturated carbocycles. The molecule has 1 aliphatic rings. The minimum absolute atomic E-state index is 0.0361. The lowest BCUT2D eigenvalue weighted by Crippen LogP contribution is -1.91. The summed E-state index contributed by atoms with van der Waals surface area (Å²) < 4.78 is 41.2. The molecule has 3 aromatic rings. The normalized spacial score (nSPS) is 19.8. The maximum atomic E-state index is 13.8. The summed E-state index contributed by atoms with van der Waals surface area (Å²) in [6, 6.07) is 5.36. The zero-order chi connectivity index (χ0) is 16.0. The zero-order valence-corrected chi connectivity index (χ0v) is 12.8. The van der Waals surface area contributed by atoms with Crippen LogP contribution in [0.1, 0.15) is 29.7 Å². The van der Waals surface area contributed by atoms with Crippen LogP contribution in [0.25, 0.3) is 10.7 Å². The number of methoxy groups -OCH3 is 1. The maximum absolute atomic E-state index is 13.8. The number of hydrogen-bond donors (Lipinski definition) is 0. The highest BCUT2D eigenvalue weighted by atomic mass is 32.1. The van der Waals surface area contributed by atoms with E-state index in [-0.39, 0.29) is 11.8 Å². The van der Waals surface area contributed by atoms with E-state index in [0.717, 1.165) is 10.9 Å². The molecule has 118 valence electrons. The van der Waals surface area contributed by atoms with Crippen LogP contribution in [0.15, 0.2) is 28.8 Å². The third-order valence-corrected chi connectivity index (χ3v) is 4.60. The van der Waals surface area contributed by atoms with E-state index in [9.17, 15) is 8.78 Å². The fourth-order valence-corrected chi connectivity index (χ4v) is 3.19. The molecule has 0 radical (unpaired) electrons. The highest BCUT2D eigenvalue weighted by Crippen LogP contribution is 2.54. The van der Waals surface area contributed by atoms with Crippen molar-refractivity contribution in [2.75, 3.05) is 7.11 Å². The van der Waals surface area contributed by atoms with Crippen LogP contribution < -0.4 is 4.74 Å². The SMILES string of the molecule is COc1cc(-c2noc([C@@H]3C[C@H]3c3ccc(F)cc3F)n2)sn1. The quantitative estimate of drug-likeness (QED) is 0.727. The average Bonchev–Trinajstić information content (AvgIpc) is 2.99. The molecule has 1 fully saturated rings. The Morgan fingerprint density at radius 2 is 2.13 bits per heavy atom. The first-order valence-electron chi connectivity index (χ1n) is 6.95. The molecule has 1 aromatic carbocycles. The van der Waals surface area contributed by atoms with Crippen molar-refractivity contribution in [1.82, 2.24) is 14.5 Å².